The molecule has 2 atom stereocenters. The number of aromatic nitrogens is 1. The van der Waals surface area contributed by atoms with Gasteiger partial charge in [-0.15, -0.1) is 0 Å². The number of hydrogen-bond acceptors (Lipinski definition) is 4. The molecule has 2 aromatic rings. The first-order valence-corrected chi connectivity index (χ1v) is 13.4. The van der Waals surface area contributed by atoms with Gasteiger partial charge in [0.05, 0.1) is 51.5 Å². The molecule has 11 heteroatoms. The SMILES string of the molecule is CCC1=C2C=C3C=CC(=N3)C=c3ccc([nH]3)=CC3=NC(=CC(C(C#N)c4cc(C(F)(F)F)cc(C(F)(F)F)c4)(C1)N2)C=C3. The Morgan fingerprint density at radius 1 is 0.860 bits per heavy atom. The van der Waals surface area contributed by atoms with Gasteiger partial charge >= 0.3 is 12.4 Å². The van der Waals surface area contributed by atoms with Crippen LogP contribution in [0.25, 0.3) is 12.2 Å². The van der Waals surface area contributed by atoms with Crippen molar-refractivity contribution in [3.8, 4) is 6.07 Å². The summed E-state index contributed by atoms with van der Waals surface area (Å²) in [7, 11) is 0. The molecule has 2 unspecified atom stereocenters. The number of nitrogens with zero attached hydrogens (tertiary/aromatic N) is 3. The van der Waals surface area contributed by atoms with Gasteiger partial charge in [0.2, 0.25) is 0 Å². The molecule has 0 saturated carbocycles. The molecule has 218 valence electrons. The lowest BCUT2D eigenvalue weighted by Gasteiger charge is -2.34. The number of aromatic amines is 1. The molecule has 43 heavy (non-hydrogen) atoms. The van der Waals surface area contributed by atoms with Gasteiger partial charge < -0.3 is 10.3 Å². The van der Waals surface area contributed by atoms with Gasteiger partial charge in [-0.2, -0.15) is 31.6 Å². The first-order valence-electron chi connectivity index (χ1n) is 13.4. The van der Waals surface area contributed by atoms with E-state index in [1.165, 1.54) is 0 Å². The summed E-state index contributed by atoms with van der Waals surface area (Å²) in [6, 6.07) is 7.12. The van der Waals surface area contributed by atoms with Gasteiger partial charge in [0.25, 0.3) is 0 Å². The van der Waals surface area contributed by atoms with E-state index in [1.54, 1.807) is 36.5 Å². The molecule has 5 nitrogen and oxygen atoms in total. The maximum Gasteiger partial charge on any atom is 0.416 e. The number of alkyl halides is 6. The number of H-pyrrole nitrogens is 1. The summed E-state index contributed by atoms with van der Waals surface area (Å²) in [6.45, 7) is 1.89. The van der Waals surface area contributed by atoms with E-state index in [0.29, 0.717) is 47.1 Å². The molecule has 2 N–H and O–H groups in total. The third-order valence-corrected chi connectivity index (χ3v) is 7.67. The molecule has 0 amide bonds. The quantitative estimate of drug-likeness (QED) is 0.422. The summed E-state index contributed by atoms with van der Waals surface area (Å²) in [4.78, 5) is 12.5. The summed E-state index contributed by atoms with van der Waals surface area (Å²) in [5.74, 6) is -1.45. The van der Waals surface area contributed by atoms with Gasteiger partial charge in [-0.1, -0.05) is 6.92 Å². The van der Waals surface area contributed by atoms with Crippen molar-refractivity contribution < 1.29 is 26.3 Å². The highest BCUT2D eigenvalue weighted by Crippen LogP contribution is 2.45. The number of halogens is 6. The molecule has 4 aliphatic heterocycles. The maximum absolute atomic E-state index is 13.8. The lowest BCUT2D eigenvalue weighted by atomic mass is 9.76. The molecule has 0 spiro atoms. The van der Waals surface area contributed by atoms with Gasteiger partial charge in [-0.05, 0) is 103 Å². The summed E-state index contributed by atoms with van der Waals surface area (Å²) in [6.07, 6.45) is 4.72. The number of fused-ring (bicyclic) bond motifs is 6. The molecule has 0 saturated heterocycles. The summed E-state index contributed by atoms with van der Waals surface area (Å²) in [5, 5.41) is 15.4. The van der Waals surface area contributed by atoms with Crippen molar-refractivity contribution in [3.63, 3.8) is 0 Å². The fourth-order valence-corrected chi connectivity index (χ4v) is 5.70. The van der Waals surface area contributed by atoms with Gasteiger partial charge in [-0.3, -0.25) is 0 Å². The van der Waals surface area contributed by atoms with Crippen LogP contribution in [-0.4, -0.2) is 21.9 Å². The Balaban J connectivity index is 1.57. The van der Waals surface area contributed by atoms with Gasteiger partial charge in [0.15, 0.2) is 0 Å². The van der Waals surface area contributed by atoms with E-state index in [1.807, 2.05) is 37.3 Å². The van der Waals surface area contributed by atoms with Crippen LogP contribution in [0.2, 0.25) is 0 Å². The number of nitriles is 1. The van der Waals surface area contributed by atoms with E-state index in [-0.39, 0.29) is 12.5 Å². The highest BCUT2D eigenvalue weighted by Gasteiger charge is 2.46. The highest BCUT2D eigenvalue weighted by atomic mass is 19.4. The monoisotopic (exact) mass is 591 g/mol. The average molecular weight is 592 g/mol. The van der Waals surface area contributed by atoms with Crippen molar-refractivity contribution >= 4 is 23.6 Å². The van der Waals surface area contributed by atoms with Crippen LogP contribution >= 0.6 is 0 Å². The Labute approximate surface area is 242 Å². The van der Waals surface area contributed by atoms with Crippen molar-refractivity contribution in [3.05, 3.63) is 117 Å². The fraction of sp³-hybridized carbons (Fsp3) is 0.219. The van der Waals surface area contributed by atoms with Gasteiger partial charge in [-0.25, -0.2) is 9.98 Å². The second kappa shape index (κ2) is 10.2. The molecular formula is C32H23F6N5. The first-order chi connectivity index (χ1) is 20.3. The molecule has 0 aliphatic carbocycles. The Morgan fingerprint density at radius 2 is 1.44 bits per heavy atom. The van der Waals surface area contributed by atoms with Gasteiger partial charge in [0.1, 0.15) is 0 Å². The molecule has 1 aromatic carbocycles. The predicted molar refractivity (Wildman–Crippen MR) is 151 cm³/mol. The van der Waals surface area contributed by atoms with Crippen molar-refractivity contribution in [2.45, 2.75) is 43.6 Å². The number of benzene rings is 1. The second-order valence-electron chi connectivity index (χ2n) is 10.7. The molecule has 1 aromatic heterocycles. The lowest BCUT2D eigenvalue weighted by molar-refractivity contribution is -0.143. The van der Waals surface area contributed by atoms with E-state index in [2.05, 4.69) is 20.3 Å². The van der Waals surface area contributed by atoms with E-state index < -0.39 is 40.5 Å². The minimum Gasteiger partial charge on any atom is -0.374 e. The van der Waals surface area contributed by atoms with Crippen LogP contribution in [0, 0.1) is 11.3 Å². The van der Waals surface area contributed by atoms with Crippen LogP contribution in [0.1, 0.15) is 42.4 Å². The third kappa shape index (κ3) is 5.52. The minimum absolute atomic E-state index is 0.0674. The smallest absolute Gasteiger partial charge is 0.374 e. The standard InChI is InChI=1S/C32H23F6N5/c1-2-18-15-30(28(17-39)19-9-20(31(33,34)35)11-21(10-19)32(36,37)38)16-27-8-7-25(42-27)13-23-4-3-22(40-23)12-24-5-6-26(41-24)14-29(18)43-30/h3-14,16,28,40,43H,2,15H2,1H3. The van der Waals surface area contributed by atoms with Crippen LogP contribution in [0.3, 0.4) is 0 Å². The lowest BCUT2D eigenvalue weighted by Crippen LogP contribution is -2.44. The zero-order valence-corrected chi connectivity index (χ0v) is 22.6. The van der Waals surface area contributed by atoms with Crippen LogP contribution in [0.15, 0.2) is 99.4 Å². The average Bonchev–Trinajstić information content (AvgIpc) is 3.73. The highest BCUT2D eigenvalue weighted by molar-refractivity contribution is 6.20. The number of allylic oxidation sites excluding steroid dienone is 5. The maximum atomic E-state index is 13.8. The number of aliphatic imine (C=N–C) groups is 2. The summed E-state index contributed by atoms with van der Waals surface area (Å²) < 4.78 is 82.8. The largest absolute Gasteiger partial charge is 0.416 e. The Hall–Kier alpha value is -4.85. The first kappa shape index (κ1) is 28.3. The molecular weight excluding hydrogens is 568 g/mol. The van der Waals surface area contributed by atoms with Crippen molar-refractivity contribution in [1.82, 2.24) is 10.3 Å². The fourth-order valence-electron chi connectivity index (χ4n) is 5.70. The minimum atomic E-state index is -5.05. The normalized spacial score (nSPS) is 21.7. The van der Waals surface area contributed by atoms with Gasteiger partial charge in [0, 0.05) is 16.4 Å². The second-order valence-corrected chi connectivity index (χ2v) is 10.7. The molecule has 8 bridgehead atoms. The summed E-state index contributed by atoms with van der Waals surface area (Å²) >= 11 is 0. The van der Waals surface area contributed by atoms with Crippen LogP contribution in [0.5, 0.6) is 0 Å². The van der Waals surface area contributed by atoms with E-state index in [4.69, 9.17) is 0 Å². The third-order valence-electron chi connectivity index (χ3n) is 7.67. The van der Waals surface area contributed by atoms with Crippen LogP contribution in [-0.2, 0) is 12.4 Å². The van der Waals surface area contributed by atoms with Crippen LogP contribution in [0.4, 0.5) is 26.3 Å². The molecule has 4 aliphatic rings. The zero-order chi connectivity index (χ0) is 30.6. The van der Waals surface area contributed by atoms with E-state index in [0.717, 1.165) is 16.3 Å². The zero-order valence-electron chi connectivity index (χ0n) is 22.6. The molecule has 6 rings (SSSR count). The van der Waals surface area contributed by atoms with E-state index in [9.17, 15) is 31.6 Å². The summed E-state index contributed by atoms with van der Waals surface area (Å²) in [5.41, 5.74) is -1.06. The van der Waals surface area contributed by atoms with Crippen molar-refractivity contribution in [2.75, 3.05) is 0 Å². The van der Waals surface area contributed by atoms with Crippen molar-refractivity contribution in [1.29, 1.82) is 5.26 Å². The van der Waals surface area contributed by atoms with E-state index >= 15 is 0 Å². The Morgan fingerprint density at radius 3 is 2.00 bits per heavy atom. The van der Waals surface area contributed by atoms with Crippen molar-refractivity contribution in [2.24, 2.45) is 9.98 Å². The topological polar surface area (TPSA) is 76.3 Å². The number of rotatable bonds is 3. The molecule has 0 fully saturated rings. The Kier molecular flexibility index (Phi) is 6.68. The number of nitrogens with one attached hydrogen (secondary N) is 2. The predicted octanol–water partition coefficient (Wildman–Crippen LogP) is 6.12. The van der Waals surface area contributed by atoms with Crippen LogP contribution < -0.4 is 16.0 Å². The Bertz CT molecular complexity index is 1870. The number of hydrogen-bond donors (Lipinski definition) is 2. The molecule has 5 heterocycles. The molecule has 0 radical (unpaired) electrons.